The molecule has 5 nitrogen and oxygen atoms in total. The summed E-state index contributed by atoms with van der Waals surface area (Å²) >= 11 is 0. The molecule has 144 valence electrons. The van der Waals surface area contributed by atoms with Crippen molar-refractivity contribution >= 4 is 23.2 Å². The SMILES string of the molecule is CCN(c1cccc(C)c1)c1nc(C)cc(C(=O)Nc2cccc(C)c2C)n1. The van der Waals surface area contributed by atoms with E-state index in [1.807, 2.05) is 62.9 Å². The minimum atomic E-state index is -0.235. The Labute approximate surface area is 166 Å². The Morgan fingerprint density at radius 1 is 1.00 bits per heavy atom. The van der Waals surface area contributed by atoms with Crippen LogP contribution in [-0.4, -0.2) is 22.4 Å². The van der Waals surface area contributed by atoms with Gasteiger partial charge in [0, 0.05) is 23.6 Å². The molecular formula is C23H26N4O. The normalized spacial score (nSPS) is 10.6. The average Bonchev–Trinajstić information content (AvgIpc) is 2.66. The first-order valence-electron chi connectivity index (χ1n) is 9.46. The quantitative estimate of drug-likeness (QED) is 0.673. The summed E-state index contributed by atoms with van der Waals surface area (Å²) in [4.78, 5) is 24.0. The van der Waals surface area contributed by atoms with Gasteiger partial charge in [-0.05, 0) is 75.6 Å². The fourth-order valence-electron chi connectivity index (χ4n) is 3.10. The topological polar surface area (TPSA) is 58.1 Å². The number of hydrogen-bond acceptors (Lipinski definition) is 4. The largest absolute Gasteiger partial charge is 0.320 e. The van der Waals surface area contributed by atoms with Crippen molar-refractivity contribution in [3.63, 3.8) is 0 Å². The molecule has 3 aromatic rings. The molecule has 0 fully saturated rings. The Morgan fingerprint density at radius 3 is 2.46 bits per heavy atom. The van der Waals surface area contributed by atoms with Gasteiger partial charge in [-0.15, -0.1) is 0 Å². The molecule has 0 radical (unpaired) electrons. The maximum atomic E-state index is 12.9. The van der Waals surface area contributed by atoms with E-state index in [1.54, 1.807) is 6.07 Å². The van der Waals surface area contributed by atoms with Crippen LogP contribution in [0.1, 0.15) is 39.8 Å². The fourth-order valence-corrected chi connectivity index (χ4v) is 3.10. The van der Waals surface area contributed by atoms with Crippen LogP contribution in [0.25, 0.3) is 0 Å². The van der Waals surface area contributed by atoms with Crippen LogP contribution in [-0.2, 0) is 0 Å². The third kappa shape index (κ3) is 4.19. The maximum absolute atomic E-state index is 12.9. The number of benzene rings is 2. The van der Waals surface area contributed by atoms with Gasteiger partial charge >= 0.3 is 0 Å². The highest BCUT2D eigenvalue weighted by Crippen LogP contribution is 2.24. The van der Waals surface area contributed by atoms with Gasteiger partial charge < -0.3 is 10.2 Å². The van der Waals surface area contributed by atoms with E-state index in [1.165, 1.54) is 0 Å². The van der Waals surface area contributed by atoms with Crippen LogP contribution in [0.4, 0.5) is 17.3 Å². The molecule has 0 saturated carbocycles. The standard InChI is InChI=1S/C23H26N4O/c1-6-27(19-11-7-9-15(2)13-19)23-24-17(4)14-21(26-23)22(28)25-20-12-8-10-16(3)18(20)5/h7-14H,6H2,1-5H3,(H,25,28). The minimum absolute atomic E-state index is 0.235. The molecule has 2 aromatic carbocycles. The molecule has 0 aliphatic rings. The Hall–Kier alpha value is -3.21. The van der Waals surface area contributed by atoms with Gasteiger partial charge in [-0.1, -0.05) is 24.3 Å². The van der Waals surface area contributed by atoms with E-state index < -0.39 is 0 Å². The van der Waals surface area contributed by atoms with Gasteiger partial charge in [0.1, 0.15) is 5.69 Å². The zero-order chi connectivity index (χ0) is 20.3. The molecule has 0 aliphatic carbocycles. The third-order valence-corrected chi connectivity index (χ3v) is 4.80. The Kier molecular flexibility index (Phi) is 5.73. The van der Waals surface area contributed by atoms with E-state index in [9.17, 15) is 4.79 Å². The number of rotatable bonds is 5. The van der Waals surface area contributed by atoms with Gasteiger partial charge in [0.15, 0.2) is 0 Å². The van der Waals surface area contributed by atoms with Crippen LogP contribution in [0.15, 0.2) is 48.5 Å². The maximum Gasteiger partial charge on any atom is 0.274 e. The fraction of sp³-hybridized carbons (Fsp3) is 0.261. The van der Waals surface area contributed by atoms with Crippen LogP contribution in [0, 0.1) is 27.7 Å². The second-order valence-electron chi connectivity index (χ2n) is 6.98. The van der Waals surface area contributed by atoms with Crippen molar-refractivity contribution in [1.29, 1.82) is 0 Å². The van der Waals surface area contributed by atoms with Gasteiger partial charge in [0.05, 0.1) is 0 Å². The zero-order valence-electron chi connectivity index (χ0n) is 17.1. The average molecular weight is 374 g/mol. The summed E-state index contributed by atoms with van der Waals surface area (Å²) in [5.41, 5.74) is 6.27. The molecule has 1 N–H and O–H groups in total. The molecule has 28 heavy (non-hydrogen) atoms. The molecule has 1 aromatic heterocycles. The minimum Gasteiger partial charge on any atom is -0.320 e. The van der Waals surface area contributed by atoms with Crippen LogP contribution >= 0.6 is 0 Å². The molecule has 1 heterocycles. The molecule has 5 heteroatoms. The predicted octanol–water partition coefficient (Wildman–Crippen LogP) is 5.12. The summed E-state index contributed by atoms with van der Waals surface area (Å²) in [6.45, 7) is 10.7. The Balaban J connectivity index is 1.94. The lowest BCUT2D eigenvalue weighted by Gasteiger charge is -2.22. The molecule has 0 aliphatic heterocycles. The first-order valence-corrected chi connectivity index (χ1v) is 9.46. The van der Waals surface area contributed by atoms with Gasteiger partial charge in [-0.3, -0.25) is 4.79 Å². The highest BCUT2D eigenvalue weighted by Gasteiger charge is 2.16. The molecule has 0 unspecified atom stereocenters. The molecule has 0 atom stereocenters. The van der Waals surface area contributed by atoms with E-state index in [0.717, 1.165) is 33.8 Å². The Morgan fingerprint density at radius 2 is 1.75 bits per heavy atom. The van der Waals surface area contributed by atoms with Crippen molar-refractivity contribution in [2.75, 3.05) is 16.8 Å². The number of anilines is 3. The summed E-state index contributed by atoms with van der Waals surface area (Å²) in [6, 6.07) is 15.8. The first kappa shape index (κ1) is 19.5. The molecule has 3 rings (SSSR count). The van der Waals surface area contributed by atoms with Crippen molar-refractivity contribution in [3.8, 4) is 0 Å². The van der Waals surface area contributed by atoms with Gasteiger partial charge in [-0.2, -0.15) is 0 Å². The van der Waals surface area contributed by atoms with Gasteiger partial charge in [0.2, 0.25) is 5.95 Å². The lowest BCUT2D eigenvalue weighted by Crippen LogP contribution is -2.22. The number of carbonyl (C=O) groups is 1. The lowest BCUT2D eigenvalue weighted by molar-refractivity contribution is 0.102. The highest BCUT2D eigenvalue weighted by atomic mass is 16.1. The molecule has 0 bridgehead atoms. The van der Waals surface area contributed by atoms with Crippen LogP contribution in [0.3, 0.4) is 0 Å². The van der Waals surface area contributed by atoms with Crippen molar-refractivity contribution in [2.24, 2.45) is 0 Å². The van der Waals surface area contributed by atoms with E-state index in [2.05, 4.69) is 34.3 Å². The van der Waals surface area contributed by atoms with Crippen LogP contribution in [0.2, 0.25) is 0 Å². The summed E-state index contributed by atoms with van der Waals surface area (Å²) in [5, 5.41) is 2.98. The summed E-state index contributed by atoms with van der Waals surface area (Å²) < 4.78 is 0. The molecule has 0 spiro atoms. The second-order valence-corrected chi connectivity index (χ2v) is 6.98. The van der Waals surface area contributed by atoms with E-state index in [0.29, 0.717) is 18.2 Å². The van der Waals surface area contributed by atoms with Crippen molar-refractivity contribution in [3.05, 3.63) is 76.6 Å². The van der Waals surface area contributed by atoms with Crippen molar-refractivity contribution in [2.45, 2.75) is 34.6 Å². The smallest absolute Gasteiger partial charge is 0.274 e. The predicted molar refractivity (Wildman–Crippen MR) is 114 cm³/mol. The second kappa shape index (κ2) is 8.21. The number of nitrogens with zero attached hydrogens (tertiary/aromatic N) is 3. The van der Waals surface area contributed by atoms with Crippen molar-refractivity contribution < 1.29 is 4.79 Å². The van der Waals surface area contributed by atoms with Crippen molar-refractivity contribution in [1.82, 2.24) is 9.97 Å². The summed E-state index contributed by atoms with van der Waals surface area (Å²) in [6.07, 6.45) is 0. The number of aryl methyl sites for hydroxylation is 3. The van der Waals surface area contributed by atoms with Gasteiger partial charge in [0.25, 0.3) is 5.91 Å². The Bertz CT molecular complexity index is 1010. The highest BCUT2D eigenvalue weighted by molar-refractivity contribution is 6.03. The third-order valence-electron chi connectivity index (χ3n) is 4.80. The first-order chi connectivity index (χ1) is 13.4. The number of nitrogens with one attached hydrogen (secondary N) is 1. The molecular weight excluding hydrogens is 348 g/mol. The summed E-state index contributed by atoms with van der Waals surface area (Å²) in [5.74, 6) is 0.292. The molecule has 1 amide bonds. The number of carbonyl (C=O) groups excluding carboxylic acids is 1. The van der Waals surface area contributed by atoms with Gasteiger partial charge in [-0.25, -0.2) is 9.97 Å². The number of amides is 1. The van der Waals surface area contributed by atoms with E-state index in [-0.39, 0.29) is 5.91 Å². The number of aromatic nitrogens is 2. The molecule has 0 saturated heterocycles. The zero-order valence-corrected chi connectivity index (χ0v) is 17.1. The lowest BCUT2D eigenvalue weighted by atomic mass is 10.1. The van der Waals surface area contributed by atoms with Crippen LogP contribution in [0.5, 0.6) is 0 Å². The monoisotopic (exact) mass is 374 g/mol. The summed E-state index contributed by atoms with van der Waals surface area (Å²) in [7, 11) is 0. The van der Waals surface area contributed by atoms with E-state index in [4.69, 9.17) is 0 Å². The van der Waals surface area contributed by atoms with Crippen LogP contribution < -0.4 is 10.2 Å². The number of hydrogen-bond donors (Lipinski definition) is 1. The van der Waals surface area contributed by atoms with E-state index >= 15 is 0 Å².